The lowest BCUT2D eigenvalue weighted by Crippen LogP contribution is -3.08. The second-order valence-electron chi connectivity index (χ2n) is 5.87. The van der Waals surface area contributed by atoms with Crippen LogP contribution in [-0.4, -0.2) is 28.5 Å². The first kappa shape index (κ1) is 17.7. The zero-order valence-electron chi connectivity index (χ0n) is 14.2. The molecule has 0 saturated heterocycles. The average Bonchev–Trinajstić information content (AvgIpc) is 3.02. The molecule has 0 aromatic carbocycles. The number of hydrogen-bond acceptors (Lipinski definition) is 5. The smallest absolute Gasteiger partial charge is 0.332 e. The minimum Gasteiger partial charge on any atom is -0.463 e. The normalized spacial score (nSPS) is 12.3. The number of ketones is 1. The number of quaternary nitrogens is 1. The maximum absolute atomic E-state index is 12.6. The largest absolute Gasteiger partial charge is 0.463 e. The summed E-state index contributed by atoms with van der Waals surface area (Å²) in [4.78, 5) is 37.9. The maximum Gasteiger partial charge on any atom is 0.332 e. The van der Waals surface area contributed by atoms with Gasteiger partial charge in [0.1, 0.15) is 24.5 Å². The summed E-state index contributed by atoms with van der Waals surface area (Å²) in [6, 6.07) is 3.60. The van der Waals surface area contributed by atoms with Gasteiger partial charge in [-0.1, -0.05) is 6.92 Å². The molecule has 0 saturated carbocycles. The summed E-state index contributed by atoms with van der Waals surface area (Å²) < 4.78 is 7.46. The fourth-order valence-corrected chi connectivity index (χ4v) is 2.62. The molecule has 130 valence electrons. The number of rotatable bonds is 7. The van der Waals surface area contributed by atoms with E-state index in [1.54, 1.807) is 12.3 Å². The number of nitrogen functional groups attached to an aromatic ring is 1. The summed E-state index contributed by atoms with van der Waals surface area (Å²) in [5.41, 5.74) is 4.67. The predicted molar refractivity (Wildman–Crippen MR) is 89.1 cm³/mol. The zero-order valence-corrected chi connectivity index (χ0v) is 14.2. The first-order valence-corrected chi connectivity index (χ1v) is 7.83. The first-order chi connectivity index (χ1) is 11.4. The molecule has 3 N–H and O–H groups in total. The zero-order chi connectivity index (χ0) is 17.9. The van der Waals surface area contributed by atoms with Crippen molar-refractivity contribution in [2.45, 2.75) is 26.4 Å². The number of furan rings is 1. The maximum atomic E-state index is 12.6. The molecule has 0 aliphatic heterocycles. The van der Waals surface area contributed by atoms with Crippen molar-refractivity contribution >= 4 is 11.6 Å². The lowest BCUT2D eigenvalue weighted by atomic mass is 10.1. The Hall–Kier alpha value is -2.61. The Morgan fingerprint density at radius 3 is 2.67 bits per heavy atom. The van der Waals surface area contributed by atoms with Gasteiger partial charge >= 0.3 is 5.69 Å². The van der Waals surface area contributed by atoms with Gasteiger partial charge in [-0.3, -0.25) is 18.7 Å². The molecule has 2 aromatic rings. The van der Waals surface area contributed by atoms with Crippen LogP contribution in [-0.2, 0) is 20.1 Å². The third kappa shape index (κ3) is 3.48. The van der Waals surface area contributed by atoms with Crippen molar-refractivity contribution in [2.75, 3.05) is 19.3 Å². The van der Waals surface area contributed by atoms with E-state index in [9.17, 15) is 14.4 Å². The van der Waals surface area contributed by atoms with E-state index in [-0.39, 0.29) is 23.7 Å². The van der Waals surface area contributed by atoms with Gasteiger partial charge in [-0.05, 0) is 18.6 Å². The fraction of sp³-hybridized carbons (Fsp3) is 0.438. The predicted octanol–water partition coefficient (Wildman–Crippen LogP) is -0.970. The standard InChI is InChI=1S/C16H22N4O4/c1-4-7-20-14(17)13(15(22)19(3)16(20)23)12(21)10-18(2)9-11-6-5-8-24-11/h5-6,8H,4,7,9-10,17H2,1-3H3/p+1. The van der Waals surface area contributed by atoms with E-state index in [2.05, 4.69) is 0 Å². The van der Waals surface area contributed by atoms with E-state index < -0.39 is 11.2 Å². The van der Waals surface area contributed by atoms with Crippen LogP contribution in [0.1, 0.15) is 29.5 Å². The summed E-state index contributed by atoms with van der Waals surface area (Å²) in [7, 11) is 3.18. The molecule has 24 heavy (non-hydrogen) atoms. The Balaban J connectivity index is 2.32. The highest BCUT2D eigenvalue weighted by Gasteiger charge is 2.24. The summed E-state index contributed by atoms with van der Waals surface area (Å²) in [6.07, 6.45) is 2.23. The van der Waals surface area contributed by atoms with E-state index in [4.69, 9.17) is 10.2 Å². The quantitative estimate of drug-likeness (QED) is 0.634. The number of aromatic nitrogens is 2. The number of hydrogen-bond donors (Lipinski definition) is 2. The van der Waals surface area contributed by atoms with Crippen molar-refractivity contribution in [3.05, 3.63) is 50.6 Å². The molecule has 2 aromatic heterocycles. The average molecular weight is 335 g/mol. The molecule has 1 atom stereocenters. The van der Waals surface area contributed by atoms with Crippen molar-refractivity contribution in [1.82, 2.24) is 9.13 Å². The number of carbonyl (C=O) groups is 1. The van der Waals surface area contributed by atoms with Crippen molar-refractivity contribution in [2.24, 2.45) is 7.05 Å². The van der Waals surface area contributed by atoms with E-state index in [1.807, 2.05) is 20.0 Å². The number of nitrogens with one attached hydrogen (secondary N) is 1. The Labute approximate surface area is 139 Å². The Morgan fingerprint density at radius 1 is 1.38 bits per heavy atom. The van der Waals surface area contributed by atoms with Crippen molar-refractivity contribution < 1.29 is 14.1 Å². The number of carbonyl (C=O) groups excluding carboxylic acids is 1. The van der Waals surface area contributed by atoms with Gasteiger partial charge in [-0.25, -0.2) is 4.79 Å². The third-order valence-corrected chi connectivity index (χ3v) is 3.83. The molecule has 0 amide bonds. The second kappa shape index (κ2) is 7.31. The first-order valence-electron chi connectivity index (χ1n) is 7.83. The van der Waals surface area contributed by atoms with Gasteiger partial charge < -0.3 is 15.1 Å². The third-order valence-electron chi connectivity index (χ3n) is 3.83. The highest BCUT2D eigenvalue weighted by atomic mass is 16.3. The van der Waals surface area contributed by atoms with Crippen molar-refractivity contribution in [3.63, 3.8) is 0 Å². The molecule has 2 rings (SSSR count). The molecular weight excluding hydrogens is 312 g/mol. The topological polar surface area (TPSA) is 105 Å². The number of nitrogens with zero attached hydrogens (tertiary/aromatic N) is 2. The molecule has 8 nitrogen and oxygen atoms in total. The minimum absolute atomic E-state index is 0.0549. The second-order valence-corrected chi connectivity index (χ2v) is 5.87. The Bertz CT molecular complexity index is 833. The Kier molecular flexibility index (Phi) is 5.40. The van der Waals surface area contributed by atoms with Crippen molar-refractivity contribution in [1.29, 1.82) is 0 Å². The summed E-state index contributed by atoms with van der Waals surface area (Å²) in [5, 5.41) is 0. The highest BCUT2D eigenvalue weighted by molar-refractivity contribution is 6.00. The summed E-state index contributed by atoms with van der Waals surface area (Å²) in [5.74, 6) is 0.305. The van der Waals surface area contributed by atoms with Crippen LogP contribution in [0.25, 0.3) is 0 Å². The van der Waals surface area contributed by atoms with E-state index >= 15 is 0 Å². The van der Waals surface area contributed by atoms with Crippen LogP contribution in [0.3, 0.4) is 0 Å². The SMILES string of the molecule is CCCn1c(N)c(C(=O)C[NH+](C)Cc2ccco2)c(=O)n(C)c1=O. The van der Waals surface area contributed by atoms with Crippen LogP contribution < -0.4 is 21.9 Å². The van der Waals surface area contributed by atoms with Crippen LogP contribution >= 0.6 is 0 Å². The summed E-state index contributed by atoms with van der Waals surface area (Å²) in [6.45, 7) is 2.83. The van der Waals surface area contributed by atoms with Gasteiger partial charge in [-0.2, -0.15) is 0 Å². The molecule has 0 bridgehead atoms. The lowest BCUT2D eigenvalue weighted by Gasteiger charge is -2.15. The van der Waals surface area contributed by atoms with Crippen molar-refractivity contribution in [3.8, 4) is 0 Å². The van der Waals surface area contributed by atoms with Gasteiger partial charge in [-0.15, -0.1) is 0 Å². The summed E-state index contributed by atoms with van der Waals surface area (Å²) >= 11 is 0. The van der Waals surface area contributed by atoms with E-state index in [0.29, 0.717) is 19.5 Å². The van der Waals surface area contributed by atoms with E-state index in [0.717, 1.165) is 15.2 Å². The van der Waals surface area contributed by atoms with Crippen LogP contribution in [0.4, 0.5) is 5.82 Å². The molecule has 8 heteroatoms. The number of anilines is 1. The minimum atomic E-state index is -0.652. The van der Waals surface area contributed by atoms with Crippen LogP contribution in [0.2, 0.25) is 0 Å². The van der Waals surface area contributed by atoms with Gasteiger partial charge in [0.25, 0.3) is 5.56 Å². The van der Waals surface area contributed by atoms with Gasteiger partial charge in [0.15, 0.2) is 5.76 Å². The van der Waals surface area contributed by atoms with E-state index in [1.165, 1.54) is 11.6 Å². The molecule has 0 radical (unpaired) electrons. The van der Waals surface area contributed by atoms with Gasteiger partial charge in [0.2, 0.25) is 5.78 Å². The van der Waals surface area contributed by atoms with Gasteiger partial charge in [0.05, 0.1) is 13.3 Å². The number of nitrogens with two attached hydrogens (primary N) is 1. The van der Waals surface area contributed by atoms with Crippen LogP contribution in [0.5, 0.6) is 0 Å². The molecular formula is C16H23N4O4+. The molecule has 0 spiro atoms. The van der Waals surface area contributed by atoms with Crippen LogP contribution in [0, 0.1) is 0 Å². The molecule has 1 unspecified atom stereocenters. The fourth-order valence-electron chi connectivity index (χ4n) is 2.62. The Morgan fingerprint density at radius 2 is 2.08 bits per heavy atom. The monoisotopic (exact) mass is 335 g/mol. The van der Waals surface area contributed by atoms with Crippen LogP contribution in [0.15, 0.2) is 32.4 Å². The highest BCUT2D eigenvalue weighted by Crippen LogP contribution is 2.06. The molecule has 0 aliphatic carbocycles. The lowest BCUT2D eigenvalue weighted by molar-refractivity contribution is -0.885. The number of Topliss-reactive ketones (excluding diaryl/α,β-unsaturated/α-hetero) is 1. The molecule has 0 aliphatic rings. The van der Waals surface area contributed by atoms with Gasteiger partial charge in [0, 0.05) is 13.6 Å². The number of likely N-dealkylation sites (N-methyl/N-ethyl adjacent to an activating group) is 1. The molecule has 2 heterocycles. The molecule has 0 fully saturated rings.